The number of nitro groups is 1. The number of nitrogens with zero attached hydrogens (tertiary/aromatic N) is 4. The third kappa shape index (κ3) is 3.30. The molecule has 0 saturated carbocycles. The van der Waals surface area contributed by atoms with Gasteiger partial charge in [0.2, 0.25) is 0 Å². The molecular weight excluding hydrogens is 274 g/mol. The van der Waals surface area contributed by atoms with E-state index in [0.717, 1.165) is 0 Å². The molecule has 0 saturated heterocycles. The predicted octanol–water partition coefficient (Wildman–Crippen LogP) is 1.12. The van der Waals surface area contributed by atoms with E-state index in [1.165, 1.54) is 12.1 Å². The molecule has 0 aliphatic heterocycles. The average molecular weight is 287 g/mol. The largest absolute Gasteiger partial charge is 0.364 e. The van der Waals surface area contributed by atoms with Gasteiger partial charge < -0.3 is 10.6 Å². The van der Waals surface area contributed by atoms with E-state index in [-0.39, 0.29) is 11.4 Å². The third-order valence-electron chi connectivity index (χ3n) is 2.89. The monoisotopic (exact) mass is 287 g/mol. The first-order valence-corrected chi connectivity index (χ1v) is 6.06. The number of amides is 1. The maximum atomic E-state index is 11.0. The third-order valence-corrected chi connectivity index (χ3v) is 2.89. The molecule has 8 heteroatoms. The van der Waals surface area contributed by atoms with E-state index in [9.17, 15) is 14.9 Å². The summed E-state index contributed by atoms with van der Waals surface area (Å²) in [5.41, 5.74) is 5.76. The van der Waals surface area contributed by atoms with E-state index >= 15 is 0 Å². The fourth-order valence-corrected chi connectivity index (χ4v) is 1.82. The van der Waals surface area contributed by atoms with Crippen molar-refractivity contribution in [2.24, 2.45) is 5.73 Å². The van der Waals surface area contributed by atoms with Crippen molar-refractivity contribution < 1.29 is 9.72 Å². The maximum Gasteiger partial charge on any atom is 0.274 e. The second kappa shape index (κ2) is 5.95. The Balaban J connectivity index is 2.20. The molecule has 0 aliphatic rings. The number of primary amides is 1. The quantitative estimate of drug-likeness (QED) is 0.650. The summed E-state index contributed by atoms with van der Waals surface area (Å²) in [5, 5.41) is 18.5. The number of aromatic nitrogens is 2. The Morgan fingerprint density at radius 3 is 2.57 bits per heavy atom. The van der Waals surface area contributed by atoms with Gasteiger partial charge in [0, 0.05) is 18.7 Å². The second-order valence-electron chi connectivity index (χ2n) is 4.38. The van der Waals surface area contributed by atoms with Crippen LogP contribution in [0.5, 0.6) is 0 Å². The summed E-state index contributed by atoms with van der Waals surface area (Å²) in [6.07, 6.45) is 0. The lowest BCUT2D eigenvalue weighted by Gasteiger charge is -2.17. The van der Waals surface area contributed by atoms with Crippen LogP contribution in [0.1, 0.15) is 16.1 Å². The van der Waals surface area contributed by atoms with Crippen LogP contribution in [0.3, 0.4) is 0 Å². The Bertz CT molecular complexity index is 672. The van der Waals surface area contributed by atoms with Crippen LogP contribution < -0.4 is 10.6 Å². The number of rotatable bonds is 5. The Kier molecular flexibility index (Phi) is 4.07. The normalized spacial score (nSPS) is 10.1. The molecule has 2 rings (SSSR count). The summed E-state index contributed by atoms with van der Waals surface area (Å²) in [4.78, 5) is 23.2. The zero-order valence-electron chi connectivity index (χ0n) is 11.3. The van der Waals surface area contributed by atoms with E-state index in [4.69, 9.17) is 5.73 Å². The number of benzene rings is 1. The second-order valence-corrected chi connectivity index (χ2v) is 4.38. The summed E-state index contributed by atoms with van der Waals surface area (Å²) in [6, 6.07) is 9.52. The zero-order chi connectivity index (χ0) is 15.4. The van der Waals surface area contributed by atoms with E-state index in [1.807, 2.05) is 0 Å². The van der Waals surface area contributed by atoms with Gasteiger partial charge in [-0.25, -0.2) is 0 Å². The maximum absolute atomic E-state index is 11.0. The first kappa shape index (κ1) is 14.4. The van der Waals surface area contributed by atoms with Crippen LogP contribution >= 0.6 is 0 Å². The minimum Gasteiger partial charge on any atom is -0.364 e. The van der Waals surface area contributed by atoms with Crippen LogP contribution in [0.15, 0.2) is 36.4 Å². The highest BCUT2D eigenvalue weighted by atomic mass is 16.6. The van der Waals surface area contributed by atoms with E-state index in [1.54, 1.807) is 36.2 Å². The van der Waals surface area contributed by atoms with Gasteiger partial charge in [0.15, 0.2) is 11.5 Å². The van der Waals surface area contributed by atoms with Gasteiger partial charge in [-0.05, 0) is 12.1 Å². The lowest BCUT2D eigenvalue weighted by molar-refractivity contribution is -0.385. The number of hydrogen-bond acceptors (Lipinski definition) is 6. The number of hydrogen-bond donors (Lipinski definition) is 1. The minimum absolute atomic E-state index is 0.0473. The fourth-order valence-electron chi connectivity index (χ4n) is 1.82. The average Bonchev–Trinajstić information content (AvgIpc) is 2.47. The zero-order valence-corrected chi connectivity index (χ0v) is 11.3. The lowest BCUT2D eigenvalue weighted by Crippen LogP contribution is -2.20. The standard InChI is InChI=1S/C13H13N5O3/c1-17(12-7-6-10(13(14)19)15-16-12)8-9-4-2-3-5-11(9)18(20)21/h2-7H,8H2,1H3,(H2,14,19). The van der Waals surface area contributed by atoms with Crippen molar-refractivity contribution in [2.45, 2.75) is 6.54 Å². The molecule has 1 aromatic carbocycles. The Hall–Kier alpha value is -3.03. The summed E-state index contributed by atoms with van der Waals surface area (Å²) < 4.78 is 0. The van der Waals surface area contributed by atoms with E-state index in [2.05, 4.69) is 10.2 Å². The number of para-hydroxylation sites is 1. The molecule has 0 spiro atoms. The van der Waals surface area contributed by atoms with Gasteiger partial charge in [-0.2, -0.15) is 0 Å². The van der Waals surface area contributed by atoms with Gasteiger partial charge in [0.05, 0.1) is 11.5 Å². The highest BCUT2D eigenvalue weighted by Crippen LogP contribution is 2.20. The van der Waals surface area contributed by atoms with Crippen molar-refractivity contribution in [2.75, 3.05) is 11.9 Å². The Morgan fingerprint density at radius 2 is 2.00 bits per heavy atom. The molecule has 1 heterocycles. The first-order chi connectivity index (χ1) is 9.99. The topological polar surface area (TPSA) is 115 Å². The molecule has 1 aromatic heterocycles. The Morgan fingerprint density at radius 1 is 1.29 bits per heavy atom. The first-order valence-electron chi connectivity index (χ1n) is 6.06. The van der Waals surface area contributed by atoms with Gasteiger partial charge in [-0.3, -0.25) is 14.9 Å². The van der Waals surface area contributed by atoms with Crippen LogP contribution in [-0.4, -0.2) is 28.1 Å². The molecule has 108 valence electrons. The molecular formula is C13H13N5O3. The number of anilines is 1. The van der Waals surface area contributed by atoms with Gasteiger partial charge in [-0.1, -0.05) is 18.2 Å². The number of nitrogens with two attached hydrogens (primary N) is 1. The molecule has 2 aromatic rings. The molecule has 0 fully saturated rings. The fraction of sp³-hybridized carbons (Fsp3) is 0.154. The van der Waals surface area contributed by atoms with Crippen LogP contribution in [0, 0.1) is 10.1 Å². The molecule has 0 bridgehead atoms. The number of carbonyl (C=O) groups is 1. The molecule has 2 N–H and O–H groups in total. The summed E-state index contributed by atoms with van der Waals surface area (Å²) >= 11 is 0. The highest BCUT2D eigenvalue weighted by Gasteiger charge is 2.15. The van der Waals surface area contributed by atoms with Gasteiger partial charge >= 0.3 is 0 Å². The SMILES string of the molecule is CN(Cc1ccccc1[N+](=O)[O-])c1ccc(C(N)=O)nn1. The summed E-state index contributed by atoms with van der Waals surface area (Å²) in [7, 11) is 1.73. The molecule has 8 nitrogen and oxygen atoms in total. The number of nitro benzene ring substituents is 1. The molecule has 0 aliphatic carbocycles. The van der Waals surface area contributed by atoms with Crippen LogP contribution in [0.2, 0.25) is 0 Å². The van der Waals surface area contributed by atoms with Gasteiger partial charge in [-0.15, -0.1) is 10.2 Å². The smallest absolute Gasteiger partial charge is 0.274 e. The molecule has 0 unspecified atom stereocenters. The van der Waals surface area contributed by atoms with Crippen LogP contribution in [0.4, 0.5) is 11.5 Å². The van der Waals surface area contributed by atoms with Crippen molar-refractivity contribution in [3.63, 3.8) is 0 Å². The molecule has 21 heavy (non-hydrogen) atoms. The van der Waals surface area contributed by atoms with Gasteiger partial charge in [0.25, 0.3) is 11.6 Å². The van der Waals surface area contributed by atoms with E-state index in [0.29, 0.717) is 17.9 Å². The predicted molar refractivity (Wildman–Crippen MR) is 75.8 cm³/mol. The summed E-state index contributed by atoms with van der Waals surface area (Å²) in [6.45, 7) is 0.293. The molecule has 0 atom stereocenters. The number of carbonyl (C=O) groups excluding carboxylic acids is 1. The van der Waals surface area contributed by atoms with Crippen molar-refractivity contribution in [3.8, 4) is 0 Å². The van der Waals surface area contributed by atoms with Crippen molar-refractivity contribution in [1.82, 2.24) is 10.2 Å². The van der Waals surface area contributed by atoms with Gasteiger partial charge in [0.1, 0.15) is 0 Å². The molecule has 0 radical (unpaired) electrons. The summed E-state index contributed by atoms with van der Waals surface area (Å²) in [5.74, 6) is -0.173. The molecule has 1 amide bonds. The van der Waals surface area contributed by atoms with Crippen molar-refractivity contribution >= 4 is 17.4 Å². The lowest BCUT2D eigenvalue weighted by atomic mass is 10.1. The highest BCUT2D eigenvalue weighted by molar-refractivity contribution is 5.90. The Labute approximate surface area is 120 Å². The van der Waals surface area contributed by atoms with Crippen molar-refractivity contribution in [1.29, 1.82) is 0 Å². The van der Waals surface area contributed by atoms with Crippen molar-refractivity contribution in [3.05, 3.63) is 57.8 Å². The van der Waals surface area contributed by atoms with E-state index < -0.39 is 10.8 Å². The van der Waals surface area contributed by atoms with Crippen LogP contribution in [0.25, 0.3) is 0 Å². The van der Waals surface area contributed by atoms with Crippen LogP contribution in [-0.2, 0) is 6.54 Å². The minimum atomic E-state index is -0.657.